The van der Waals surface area contributed by atoms with E-state index in [2.05, 4.69) is 33.5 Å². The summed E-state index contributed by atoms with van der Waals surface area (Å²) in [4.78, 5) is 21.4. The fourth-order valence-electron chi connectivity index (χ4n) is 5.57. The van der Waals surface area contributed by atoms with Gasteiger partial charge in [0.2, 0.25) is 5.91 Å². The van der Waals surface area contributed by atoms with E-state index >= 15 is 0 Å². The minimum atomic E-state index is -0.332. The summed E-state index contributed by atoms with van der Waals surface area (Å²) < 4.78 is 5.86. The number of carbonyl (C=O) groups excluding carboxylic acids is 1. The standard InChI is InChI=1S/C24H17ClN4O2/c25-17-7-16-15(9-27-17)19-20(21(19)31-16)22(30)29-18-6-13-5-14(2-1-12(13)8-28-18)24(11-26)10-23(24)3-4-23/h1-2,5-9,19-21H,3-4,10H2,(H,28,29,30)/t19-,20+,21-,24-/m0/s1. The van der Waals surface area contributed by atoms with Crippen molar-refractivity contribution in [3.05, 3.63) is 59.0 Å². The molecule has 152 valence electrons. The van der Waals surface area contributed by atoms with Crippen LogP contribution < -0.4 is 10.1 Å². The number of halogens is 1. The maximum Gasteiger partial charge on any atom is 0.233 e. The highest BCUT2D eigenvalue weighted by atomic mass is 35.5. The van der Waals surface area contributed by atoms with Crippen LogP contribution in [0.5, 0.6) is 5.75 Å². The van der Waals surface area contributed by atoms with Crippen LogP contribution in [0, 0.1) is 22.7 Å². The van der Waals surface area contributed by atoms with E-state index < -0.39 is 0 Å². The Morgan fingerprint density at radius 2 is 2.06 bits per heavy atom. The number of rotatable bonds is 3. The number of aromatic nitrogens is 2. The Morgan fingerprint density at radius 1 is 1.19 bits per heavy atom. The molecule has 0 unspecified atom stereocenters. The van der Waals surface area contributed by atoms with Crippen LogP contribution in [0.25, 0.3) is 10.8 Å². The van der Waals surface area contributed by atoms with Gasteiger partial charge in [-0.05, 0) is 47.8 Å². The Kier molecular flexibility index (Phi) is 3.13. The minimum Gasteiger partial charge on any atom is -0.488 e. The lowest BCUT2D eigenvalue weighted by Crippen LogP contribution is -2.19. The van der Waals surface area contributed by atoms with Gasteiger partial charge in [0, 0.05) is 35.3 Å². The highest BCUT2D eigenvalue weighted by Gasteiger charge is 2.75. The maximum atomic E-state index is 12.9. The Hall–Kier alpha value is -3.17. The molecule has 1 aliphatic heterocycles. The van der Waals surface area contributed by atoms with E-state index in [0.29, 0.717) is 11.0 Å². The number of anilines is 1. The van der Waals surface area contributed by atoms with Crippen molar-refractivity contribution < 1.29 is 9.53 Å². The van der Waals surface area contributed by atoms with Gasteiger partial charge in [0.05, 0.1) is 17.4 Å². The van der Waals surface area contributed by atoms with Crippen molar-refractivity contribution in [2.24, 2.45) is 11.3 Å². The average molecular weight is 429 g/mol. The summed E-state index contributed by atoms with van der Waals surface area (Å²) in [5.41, 5.74) is 1.90. The molecule has 1 N–H and O–H groups in total. The first-order valence-corrected chi connectivity index (χ1v) is 10.9. The Bertz CT molecular complexity index is 1360. The molecule has 3 saturated carbocycles. The summed E-state index contributed by atoms with van der Waals surface area (Å²) in [7, 11) is 0. The summed E-state index contributed by atoms with van der Waals surface area (Å²) in [6, 6.07) is 12.3. The van der Waals surface area contributed by atoms with Crippen molar-refractivity contribution in [3.63, 3.8) is 0 Å². The van der Waals surface area contributed by atoms with Gasteiger partial charge in [0.15, 0.2) is 0 Å². The van der Waals surface area contributed by atoms with Crippen LogP contribution in [-0.4, -0.2) is 22.0 Å². The van der Waals surface area contributed by atoms with E-state index in [1.54, 1.807) is 18.5 Å². The quantitative estimate of drug-likeness (QED) is 0.627. The van der Waals surface area contributed by atoms with Crippen molar-refractivity contribution in [3.8, 4) is 11.8 Å². The summed E-state index contributed by atoms with van der Waals surface area (Å²) in [6.07, 6.45) is 6.55. The van der Waals surface area contributed by atoms with Gasteiger partial charge in [0.25, 0.3) is 0 Å². The lowest BCUT2D eigenvalue weighted by atomic mass is 9.92. The Balaban J connectivity index is 1.14. The van der Waals surface area contributed by atoms with E-state index in [4.69, 9.17) is 16.3 Å². The zero-order valence-corrected chi connectivity index (χ0v) is 17.2. The molecule has 3 heterocycles. The average Bonchev–Trinajstić information content (AvgIpc) is 3.72. The minimum absolute atomic E-state index is 0.0203. The van der Waals surface area contributed by atoms with Gasteiger partial charge in [-0.3, -0.25) is 4.79 Å². The number of pyridine rings is 2. The van der Waals surface area contributed by atoms with Gasteiger partial charge in [-0.15, -0.1) is 0 Å². The number of hydrogen-bond acceptors (Lipinski definition) is 5. The molecule has 0 saturated heterocycles. The first kappa shape index (κ1) is 17.5. The SMILES string of the molecule is N#C[C@]1(c2ccc3cnc(NC(=O)[C@H]4[C@H]5Oc6cc(Cl)ncc6[C@H]54)cc3c2)CC12CC2. The second-order valence-electron chi connectivity index (χ2n) is 9.27. The zero-order chi connectivity index (χ0) is 21.0. The van der Waals surface area contributed by atoms with Gasteiger partial charge < -0.3 is 10.1 Å². The molecule has 7 rings (SSSR count). The van der Waals surface area contributed by atoms with Gasteiger partial charge in [-0.25, -0.2) is 9.97 Å². The molecule has 1 aromatic carbocycles. The molecule has 0 radical (unpaired) electrons. The highest BCUT2D eigenvalue weighted by molar-refractivity contribution is 6.29. The Morgan fingerprint density at radius 3 is 2.84 bits per heavy atom. The van der Waals surface area contributed by atoms with Crippen molar-refractivity contribution >= 4 is 34.1 Å². The van der Waals surface area contributed by atoms with Crippen molar-refractivity contribution in [1.29, 1.82) is 5.26 Å². The normalized spacial score (nSPS) is 30.1. The molecule has 3 fully saturated rings. The van der Waals surface area contributed by atoms with Crippen LogP contribution in [-0.2, 0) is 10.2 Å². The number of nitrogens with one attached hydrogen (secondary N) is 1. The largest absolute Gasteiger partial charge is 0.488 e. The third kappa shape index (κ3) is 2.30. The molecule has 3 aromatic rings. The third-order valence-corrected chi connectivity index (χ3v) is 7.84. The van der Waals surface area contributed by atoms with Crippen LogP contribution in [0.1, 0.15) is 36.3 Å². The molecule has 4 aliphatic rings. The van der Waals surface area contributed by atoms with Crippen LogP contribution in [0.15, 0.2) is 42.7 Å². The third-order valence-electron chi connectivity index (χ3n) is 7.63. The second kappa shape index (κ2) is 5.54. The fourth-order valence-corrected chi connectivity index (χ4v) is 5.72. The van der Waals surface area contributed by atoms with E-state index in [1.807, 2.05) is 12.1 Å². The highest BCUT2D eigenvalue weighted by Crippen LogP contribution is 2.78. The first-order valence-electron chi connectivity index (χ1n) is 10.5. The molecule has 6 nitrogen and oxygen atoms in total. The lowest BCUT2D eigenvalue weighted by Gasteiger charge is -2.12. The predicted octanol–water partition coefficient (Wildman–Crippen LogP) is 4.34. The topological polar surface area (TPSA) is 87.9 Å². The van der Waals surface area contributed by atoms with Crippen molar-refractivity contribution in [2.75, 3.05) is 5.32 Å². The number of ether oxygens (including phenoxy) is 1. The molecule has 4 atom stereocenters. The van der Waals surface area contributed by atoms with E-state index in [1.165, 1.54) is 0 Å². The number of nitriles is 1. The van der Waals surface area contributed by atoms with Crippen LogP contribution >= 0.6 is 11.6 Å². The van der Waals surface area contributed by atoms with Crippen molar-refractivity contribution in [1.82, 2.24) is 9.97 Å². The zero-order valence-electron chi connectivity index (χ0n) is 16.4. The summed E-state index contributed by atoms with van der Waals surface area (Å²) in [5.74, 6) is 0.896. The van der Waals surface area contributed by atoms with E-state index in [0.717, 1.165) is 46.9 Å². The smallest absolute Gasteiger partial charge is 0.233 e. The molecule has 1 amide bonds. The Labute approximate surface area is 183 Å². The van der Waals surface area contributed by atoms with Crippen molar-refractivity contribution in [2.45, 2.75) is 36.7 Å². The number of nitrogens with zero attached hydrogens (tertiary/aromatic N) is 3. The maximum absolute atomic E-state index is 12.9. The summed E-state index contributed by atoms with van der Waals surface area (Å²) >= 11 is 5.91. The van der Waals surface area contributed by atoms with Crippen LogP contribution in [0.3, 0.4) is 0 Å². The molecule has 31 heavy (non-hydrogen) atoms. The summed E-state index contributed by atoms with van der Waals surface area (Å²) in [5, 5.41) is 15.1. The number of fused-ring (bicyclic) bond motifs is 4. The van der Waals surface area contributed by atoms with Gasteiger partial charge >= 0.3 is 0 Å². The molecule has 7 heteroatoms. The van der Waals surface area contributed by atoms with E-state index in [-0.39, 0.29) is 34.7 Å². The number of carbonyl (C=O) groups is 1. The van der Waals surface area contributed by atoms with E-state index in [9.17, 15) is 10.1 Å². The van der Waals surface area contributed by atoms with Gasteiger partial charge in [-0.1, -0.05) is 23.7 Å². The molecular formula is C24H17ClN4O2. The van der Waals surface area contributed by atoms with Crippen LogP contribution in [0.4, 0.5) is 5.82 Å². The molecule has 3 aliphatic carbocycles. The first-order chi connectivity index (χ1) is 15.0. The summed E-state index contributed by atoms with van der Waals surface area (Å²) in [6.45, 7) is 0. The number of benzene rings is 1. The predicted molar refractivity (Wildman–Crippen MR) is 114 cm³/mol. The molecule has 2 aromatic heterocycles. The number of hydrogen-bond donors (Lipinski definition) is 1. The van der Waals surface area contributed by atoms with Gasteiger partial charge in [0.1, 0.15) is 22.8 Å². The lowest BCUT2D eigenvalue weighted by molar-refractivity contribution is -0.118. The second-order valence-corrected chi connectivity index (χ2v) is 9.66. The van der Waals surface area contributed by atoms with Crippen LogP contribution in [0.2, 0.25) is 5.15 Å². The van der Waals surface area contributed by atoms with Gasteiger partial charge in [-0.2, -0.15) is 5.26 Å². The fraction of sp³-hybridized carbons (Fsp3) is 0.333. The number of amides is 1. The molecule has 1 spiro atoms. The molecule has 0 bridgehead atoms. The monoisotopic (exact) mass is 428 g/mol. The molecular weight excluding hydrogens is 412 g/mol.